The average Bonchev–Trinajstić information content (AvgIpc) is 2.59. The molecule has 0 saturated carbocycles. The maximum absolute atomic E-state index is 11.2. The highest BCUT2D eigenvalue weighted by Gasteiger charge is 2.21. The summed E-state index contributed by atoms with van der Waals surface area (Å²) in [6.45, 7) is 0. The first-order valence-corrected chi connectivity index (χ1v) is 10.4. The van der Waals surface area contributed by atoms with Gasteiger partial charge in [-0.15, -0.1) is 0 Å². The second kappa shape index (κ2) is 15.5. The minimum atomic E-state index is -0.367. The number of carbonyl (C=O) groups is 2. The number of methoxy groups -OCH3 is 2. The molecule has 0 aromatic carbocycles. The van der Waals surface area contributed by atoms with Crippen LogP contribution in [0.15, 0.2) is 0 Å². The molecule has 14 N–H and O–H groups in total. The Labute approximate surface area is 179 Å². The molecular formula is C19H43N7O4. The Hall–Kier alpha value is -1.34. The van der Waals surface area contributed by atoms with Crippen LogP contribution in [0.3, 0.4) is 0 Å². The molecule has 0 aliphatic rings. The number of hydrogen-bond acceptors (Lipinski definition) is 11. The van der Waals surface area contributed by atoms with E-state index in [0.717, 1.165) is 0 Å². The lowest BCUT2D eigenvalue weighted by Crippen LogP contribution is -2.42. The van der Waals surface area contributed by atoms with Crippen LogP contribution in [0.2, 0.25) is 0 Å². The highest BCUT2D eigenvalue weighted by Crippen LogP contribution is 2.12. The van der Waals surface area contributed by atoms with Gasteiger partial charge < -0.3 is 49.6 Å². The number of esters is 2. The molecule has 0 spiro atoms. The molecule has 11 nitrogen and oxygen atoms in total. The second-order valence-electron chi connectivity index (χ2n) is 8.30. The predicted octanol–water partition coefficient (Wildman–Crippen LogP) is -2.26. The van der Waals surface area contributed by atoms with Crippen molar-refractivity contribution in [3.63, 3.8) is 0 Å². The predicted molar refractivity (Wildman–Crippen MR) is 117 cm³/mol. The van der Waals surface area contributed by atoms with Crippen molar-refractivity contribution in [2.24, 2.45) is 40.1 Å². The summed E-state index contributed by atoms with van der Waals surface area (Å²) in [5.41, 5.74) is 42.5. The first kappa shape index (κ1) is 28.7. The summed E-state index contributed by atoms with van der Waals surface area (Å²) in [5.74, 6) is -0.723. The standard InChI is InChI=1S/C19H43N7O4/c1-29-18(27)9-16(25)7-14(23)5-12(21)3-11(20)4-13(22)6-15(24)8-17(26)10-19(28)30-2/h11-17H,3-10,20-26H2,1-2H3. The van der Waals surface area contributed by atoms with E-state index in [9.17, 15) is 9.59 Å². The van der Waals surface area contributed by atoms with Crippen LogP contribution in [0, 0.1) is 0 Å². The van der Waals surface area contributed by atoms with Gasteiger partial charge in [-0.05, 0) is 38.5 Å². The van der Waals surface area contributed by atoms with Crippen molar-refractivity contribution in [2.45, 2.75) is 93.7 Å². The highest BCUT2D eigenvalue weighted by atomic mass is 16.5. The third-order valence-electron chi connectivity index (χ3n) is 4.95. The molecule has 0 heterocycles. The lowest BCUT2D eigenvalue weighted by Gasteiger charge is -2.25. The maximum Gasteiger partial charge on any atom is 0.307 e. The van der Waals surface area contributed by atoms with E-state index in [1.165, 1.54) is 14.2 Å². The van der Waals surface area contributed by atoms with Gasteiger partial charge in [-0.2, -0.15) is 0 Å². The minimum Gasteiger partial charge on any atom is -0.469 e. The highest BCUT2D eigenvalue weighted by molar-refractivity contribution is 5.70. The smallest absolute Gasteiger partial charge is 0.307 e. The van der Waals surface area contributed by atoms with Crippen LogP contribution in [-0.4, -0.2) is 68.5 Å². The molecule has 0 rings (SSSR count). The molecule has 0 radical (unpaired) electrons. The SMILES string of the molecule is COC(=O)CC(N)CC(N)CC(N)CC(N)CC(N)CC(N)CC(N)CC(=O)OC. The van der Waals surface area contributed by atoms with Gasteiger partial charge in [0.25, 0.3) is 0 Å². The molecule has 0 aliphatic heterocycles. The fraction of sp³-hybridized carbons (Fsp3) is 0.895. The van der Waals surface area contributed by atoms with E-state index >= 15 is 0 Å². The molecule has 30 heavy (non-hydrogen) atoms. The van der Waals surface area contributed by atoms with Crippen LogP contribution in [0.5, 0.6) is 0 Å². The van der Waals surface area contributed by atoms with Crippen molar-refractivity contribution in [3.05, 3.63) is 0 Å². The number of nitrogens with two attached hydrogens (primary N) is 7. The Morgan fingerprint density at radius 2 is 0.700 bits per heavy atom. The molecule has 0 aromatic rings. The molecule has 11 heteroatoms. The maximum atomic E-state index is 11.2. The zero-order valence-electron chi connectivity index (χ0n) is 18.4. The fourth-order valence-corrected chi connectivity index (χ4v) is 3.58. The van der Waals surface area contributed by atoms with E-state index in [-0.39, 0.29) is 67.1 Å². The number of carbonyl (C=O) groups excluding carboxylic acids is 2. The zero-order chi connectivity index (χ0) is 23.3. The van der Waals surface area contributed by atoms with Crippen molar-refractivity contribution in [1.29, 1.82) is 0 Å². The molecule has 6 unspecified atom stereocenters. The Bertz CT molecular complexity index is 456. The third kappa shape index (κ3) is 14.6. The van der Waals surface area contributed by atoms with Gasteiger partial charge >= 0.3 is 11.9 Å². The van der Waals surface area contributed by atoms with E-state index in [2.05, 4.69) is 9.47 Å². The lowest BCUT2D eigenvalue weighted by molar-refractivity contribution is -0.142. The van der Waals surface area contributed by atoms with Gasteiger partial charge in [0.15, 0.2) is 0 Å². The summed E-state index contributed by atoms with van der Waals surface area (Å²) in [6, 6.07) is -1.79. The zero-order valence-corrected chi connectivity index (χ0v) is 18.4. The molecule has 0 aromatic heterocycles. The van der Waals surface area contributed by atoms with E-state index in [1.54, 1.807) is 0 Å². The van der Waals surface area contributed by atoms with Gasteiger partial charge in [0.1, 0.15) is 0 Å². The van der Waals surface area contributed by atoms with Gasteiger partial charge in [-0.1, -0.05) is 0 Å². The van der Waals surface area contributed by atoms with E-state index in [4.69, 9.17) is 40.1 Å². The molecule has 0 aliphatic carbocycles. The monoisotopic (exact) mass is 433 g/mol. The van der Waals surface area contributed by atoms with Crippen LogP contribution < -0.4 is 40.1 Å². The van der Waals surface area contributed by atoms with Crippen LogP contribution in [0.4, 0.5) is 0 Å². The van der Waals surface area contributed by atoms with Crippen LogP contribution >= 0.6 is 0 Å². The molecule has 0 amide bonds. The summed E-state index contributed by atoms with van der Waals surface area (Å²) in [6.07, 6.45) is 3.39. The summed E-state index contributed by atoms with van der Waals surface area (Å²) in [7, 11) is 2.64. The van der Waals surface area contributed by atoms with Gasteiger partial charge in [0, 0.05) is 42.3 Å². The fourth-order valence-electron chi connectivity index (χ4n) is 3.58. The second-order valence-corrected chi connectivity index (χ2v) is 8.30. The van der Waals surface area contributed by atoms with Crippen molar-refractivity contribution < 1.29 is 19.1 Å². The Kier molecular flexibility index (Phi) is 14.8. The molecule has 0 bridgehead atoms. The van der Waals surface area contributed by atoms with E-state index in [0.29, 0.717) is 38.5 Å². The van der Waals surface area contributed by atoms with Crippen LogP contribution in [-0.2, 0) is 19.1 Å². The molecule has 0 saturated heterocycles. The Morgan fingerprint density at radius 1 is 0.500 bits per heavy atom. The van der Waals surface area contributed by atoms with Gasteiger partial charge in [-0.25, -0.2) is 0 Å². The minimum absolute atomic E-state index is 0.122. The Morgan fingerprint density at radius 3 is 0.900 bits per heavy atom. The number of ether oxygens (including phenoxy) is 2. The molecule has 0 fully saturated rings. The van der Waals surface area contributed by atoms with Crippen molar-refractivity contribution in [2.75, 3.05) is 14.2 Å². The number of rotatable bonds is 16. The largest absolute Gasteiger partial charge is 0.469 e. The van der Waals surface area contributed by atoms with Gasteiger partial charge in [-0.3, -0.25) is 9.59 Å². The number of hydrogen-bond donors (Lipinski definition) is 7. The quantitative estimate of drug-likeness (QED) is 0.128. The van der Waals surface area contributed by atoms with Crippen LogP contribution in [0.25, 0.3) is 0 Å². The lowest BCUT2D eigenvalue weighted by atomic mass is 9.92. The van der Waals surface area contributed by atoms with Gasteiger partial charge in [0.05, 0.1) is 27.1 Å². The Balaban J connectivity index is 4.18. The normalized spacial score (nSPS) is 18.6. The summed E-state index contributed by atoms with van der Waals surface area (Å²) in [4.78, 5) is 22.5. The average molecular weight is 434 g/mol. The summed E-state index contributed by atoms with van der Waals surface area (Å²) >= 11 is 0. The van der Waals surface area contributed by atoms with Crippen molar-refractivity contribution in [3.8, 4) is 0 Å². The van der Waals surface area contributed by atoms with Crippen molar-refractivity contribution in [1.82, 2.24) is 0 Å². The van der Waals surface area contributed by atoms with Crippen LogP contribution in [0.1, 0.15) is 51.4 Å². The molecule has 6 atom stereocenters. The van der Waals surface area contributed by atoms with E-state index in [1.807, 2.05) is 0 Å². The summed E-state index contributed by atoms with van der Waals surface area (Å²) in [5, 5.41) is 0. The van der Waals surface area contributed by atoms with Crippen molar-refractivity contribution >= 4 is 11.9 Å². The van der Waals surface area contributed by atoms with Gasteiger partial charge in [0.2, 0.25) is 0 Å². The summed E-state index contributed by atoms with van der Waals surface area (Å²) < 4.78 is 9.19. The first-order valence-electron chi connectivity index (χ1n) is 10.4. The topological polar surface area (TPSA) is 235 Å². The molecular weight excluding hydrogens is 390 g/mol. The molecule has 178 valence electrons. The first-order chi connectivity index (χ1) is 14.0. The third-order valence-corrected chi connectivity index (χ3v) is 4.95. The van der Waals surface area contributed by atoms with E-state index < -0.39 is 0 Å².